The fraction of sp³-hybridized carbons (Fsp3) is 0.405. The zero-order valence-corrected chi connectivity index (χ0v) is 31.6. The molecule has 0 spiro atoms. The molecule has 0 unspecified atom stereocenters. The number of carbonyl (C=O) groups excluding carboxylic acids is 1. The Labute approximate surface area is 274 Å². The Balaban J connectivity index is 0.000000274. The molecule has 0 bridgehead atoms. The first kappa shape index (κ1) is 35.0. The molecule has 0 atom stereocenters. The normalized spacial score (nSPS) is 12.5. The summed E-state index contributed by atoms with van der Waals surface area (Å²) in [6.45, 7) is 12.4. The van der Waals surface area contributed by atoms with E-state index in [9.17, 15) is 9.90 Å². The third-order valence-corrected chi connectivity index (χ3v) is 13.2. The summed E-state index contributed by atoms with van der Waals surface area (Å²) in [5.41, 5.74) is 4.48. The Kier molecular flexibility index (Phi) is 11.8. The molecule has 231 valence electrons. The molecule has 3 aromatic carbocycles. The third kappa shape index (κ3) is 7.10. The van der Waals surface area contributed by atoms with E-state index in [1.54, 1.807) is 4.40 Å². The molecule has 2 heterocycles. The Morgan fingerprint density at radius 2 is 1.60 bits per heavy atom. The average molecular weight is 818 g/mol. The molecule has 1 N–H and O–H groups in total. The van der Waals surface area contributed by atoms with Gasteiger partial charge in [-0.1, -0.05) is 27.7 Å². The van der Waals surface area contributed by atoms with Crippen LogP contribution in [0.4, 0.5) is 0 Å². The standard InChI is InChI=1S/C24H22GeNO.C13H24O2.Ir/c1-14-12-20-21-18(22(14)25(3,4)5)10-11-26-23(21)19-13-16-8-6-7-9-17(16)15(2)24(19)27-20;1-5-10(6-2)12(14)9-13(15)11(7-3)8-4;/h6-12H,1-5H3;9-11,14H,5-8H2,1-4H3;/q-1;;/b;12-9-;. The molecule has 0 amide bonds. The number of aromatic nitrogens is 1. The molecule has 0 saturated carbocycles. The summed E-state index contributed by atoms with van der Waals surface area (Å²) < 4.78 is 8.03. The molecule has 5 rings (SSSR count). The van der Waals surface area contributed by atoms with E-state index in [4.69, 9.17) is 9.72 Å². The van der Waals surface area contributed by atoms with Crippen LogP contribution in [-0.2, 0) is 24.9 Å². The van der Waals surface area contributed by atoms with Gasteiger partial charge in [0.25, 0.3) is 0 Å². The van der Waals surface area contributed by atoms with Gasteiger partial charge in [-0.3, -0.25) is 4.79 Å². The number of aliphatic hydroxyl groups is 1. The van der Waals surface area contributed by atoms with Crippen LogP contribution in [0.5, 0.6) is 11.5 Å². The number of benzene rings is 3. The first-order valence-electron chi connectivity index (χ1n) is 15.5. The number of allylic oxidation sites excluding steroid dienone is 2. The van der Waals surface area contributed by atoms with Crippen molar-refractivity contribution in [2.24, 2.45) is 11.8 Å². The van der Waals surface area contributed by atoms with Crippen molar-refractivity contribution in [3.63, 3.8) is 0 Å². The van der Waals surface area contributed by atoms with Crippen molar-refractivity contribution in [3.8, 4) is 22.8 Å². The fourth-order valence-electron chi connectivity index (χ4n) is 6.34. The molecular formula is C37H46GeIrNO3-. The van der Waals surface area contributed by atoms with E-state index in [0.29, 0.717) is 0 Å². The minimum absolute atomic E-state index is 0. The van der Waals surface area contributed by atoms with Crippen molar-refractivity contribution in [3.05, 3.63) is 71.6 Å². The number of aliphatic hydroxyl groups excluding tert-OH is 1. The van der Waals surface area contributed by atoms with Crippen molar-refractivity contribution in [1.29, 1.82) is 0 Å². The van der Waals surface area contributed by atoms with E-state index in [1.165, 1.54) is 22.4 Å². The first-order valence-corrected chi connectivity index (χ1v) is 22.8. The number of carbonyl (C=O) groups is 1. The van der Waals surface area contributed by atoms with Crippen molar-refractivity contribution < 1.29 is 34.7 Å². The summed E-state index contributed by atoms with van der Waals surface area (Å²) in [4.78, 5) is 16.5. The first-order chi connectivity index (χ1) is 20.0. The number of rotatable bonds is 8. The second-order valence-electron chi connectivity index (χ2n) is 12.5. The molecule has 4 aromatic rings. The van der Waals surface area contributed by atoms with Crippen LogP contribution < -0.4 is 9.13 Å². The van der Waals surface area contributed by atoms with Gasteiger partial charge in [-0.15, -0.1) is 0 Å². The largest absolute Gasteiger partial charge is 0 e. The number of pyridine rings is 1. The van der Waals surface area contributed by atoms with Gasteiger partial charge < -0.3 is 5.11 Å². The van der Waals surface area contributed by atoms with Crippen molar-refractivity contribution in [1.82, 2.24) is 4.98 Å². The van der Waals surface area contributed by atoms with Gasteiger partial charge in [-0.25, -0.2) is 0 Å². The van der Waals surface area contributed by atoms with Gasteiger partial charge in [0.05, 0.1) is 5.76 Å². The van der Waals surface area contributed by atoms with Crippen LogP contribution >= 0.6 is 0 Å². The van der Waals surface area contributed by atoms with E-state index in [1.807, 2.05) is 33.9 Å². The zero-order chi connectivity index (χ0) is 30.8. The van der Waals surface area contributed by atoms with E-state index < -0.39 is 13.3 Å². The summed E-state index contributed by atoms with van der Waals surface area (Å²) in [5.74, 6) is 9.72. The summed E-state index contributed by atoms with van der Waals surface area (Å²) >= 11 is -2.06. The third-order valence-electron chi connectivity index (χ3n) is 8.65. The maximum Gasteiger partial charge on any atom is 0 e. The second-order valence-corrected chi connectivity index (χ2v) is 23.0. The van der Waals surface area contributed by atoms with Gasteiger partial charge in [0.1, 0.15) is 0 Å². The van der Waals surface area contributed by atoms with E-state index in [0.717, 1.165) is 64.8 Å². The van der Waals surface area contributed by atoms with E-state index in [2.05, 4.69) is 73.6 Å². The summed E-state index contributed by atoms with van der Waals surface area (Å²) in [6.07, 6.45) is 6.86. The minimum atomic E-state index is -2.06. The summed E-state index contributed by atoms with van der Waals surface area (Å²) in [5, 5.41) is 14.5. The molecule has 1 radical (unpaired) electrons. The average Bonchev–Trinajstić information content (AvgIpc) is 2.95. The molecule has 0 saturated heterocycles. The Hall–Kier alpha value is -2.47. The van der Waals surface area contributed by atoms with E-state index in [-0.39, 0.29) is 43.5 Å². The van der Waals surface area contributed by atoms with Gasteiger partial charge in [-0.2, -0.15) is 0 Å². The minimum Gasteiger partial charge on any atom is 0 e. The van der Waals surface area contributed by atoms with Crippen LogP contribution in [0.15, 0.2) is 54.4 Å². The Morgan fingerprint density at radius 1 is 0.977 bits per heavy atom. The number of ether oxygens (including phenoxy) is 1. The number of hydrogen-bond donors (Lipinski definition) is 1. The topological polar surface area (TPSA) is 59.4 Å². The molecule has 0 fully saturated rings. The summed E-state index contributed by atoms with van der Waals surface area (Å²) in [6, 6.07) is 16.4. The molecule has 1 aromatic heterocycles. The molecule has 0 aliphatic carbocycles. The van der Waals surface area contributed by atoms with Gasteiger partial charge in [0.2, 0.25) is 0 Å². The summed E-state index contributed by atoms with van der Waals surface area (Å²) in [7, 11) is 0. The molecule has 1 aliphatic heterocycles. The molecule has 4 nitrogen and oxygen atoms in total. The number of aryl methyl sites for hydroxylation is 2. The van der Waals surface area contributed by atoms with Gasteiger partial charge in [-0.05, 0) is 25.7 Å². The van der Waals surface area contributed by atoms with Crippen molar-refractivity contribution in [2.75, 3.05) is 0 Å². The number of fused-ring (bicyclic) bond motifs is 3. The number of hydrogen-bond acceptors (Lipinski definition) is 4. The fourth-order valence-corrected chi connectivity index (χ4v) is 11.1. The maximum absolute atomic E-state index is 11.7. The van der Waals surface area contributed by atoms with Gasteiger partial charge >= 0.3 is 163 Å². The number of nitrogens with zero attached hydrogens (tertiary/aromatic N) is 1. The Morgan fingerprint density at radius 3 is 2.21 bits per heavy atom. The monoisotopic (exact) mass is 819 g/mol. The van der Waals surface area contributed by atoms with Gasteiger partial charge in [0.15, 0.2) is 5.78 Å². The quantitative estimate of drug-likeness (QED) is 0.0734. The molecule has 43 heavy (non-hydrogen) atoms. The van der Waals surface area contributed by atoms with Crippen LogP contribution in [0.2, 0.25) is 17.3 Å². The Bertz CT molecular complexity index is 1650. The maximum atomic E-state index is 11.7. The van der Waals surface area contributed by atoms with Gasteiger partial charge in [0, 0.05) is 38.0 Å². The van der Waals surface area contributed by atoms with Crippen molar-refractivity contribution in [2.45, 2.75) is 84.5 Å². The predicted octanol–water partition coefficient (Wildman–Crippen LogP) is 9.99. The molecular weight excluding hydrogens is 771 g/mol. The van der Waals surface area contributed by atoms with Crippen LogP contribution in [0, 0.1) is 31.7 Å². The number of ketones is 1. The smallest absolute Gasteiger partial charge is 0 e. The molecule has 6 heteroatoms. The van der Waals surface area contributed by atoms with Crippen molar-refractivity contribution >= 4 is 45.0 Å². The van der Waals surface area contributed by atoms with Crippen LogP contribution in [0.25, 0.3) is 32.8 Å². The SMILES string of the molecule is CCC(CC)C(=O)/C=C(\O)C(CC)CC.Cc1cc2c3c(nccc3[c]1[Ge]([CH3])([CH3])[CH3])-c1[c-]c3ccccc3c(C)c1O2.[Ir]. The zero-order valence-electron chi connectivity index (χ0n) is 27.1. The molecule has 1 aliphatic rings. The van der Waals surface area contributed by atoms with Crippen LogP contribution in [-0.4, -0.2) is 29.1 Å². The second kappa shape index (κ2) is 14.5. The van der Waals surface area contributed by atoms with Crippen LogP contribution in [0.3, 0.4) is 0 Å². The van der Waals surface area contributed by atoms with E-state index >= 15 is 0 Å². The van der Waals surface area contributed by atoms with Crippen LogP contribution in [0.1, 0.15) is 64.5 Å². The predicted molar refractivity (Wildman–Crippen MR) is 180 cm³/mol.